The second kappa shape index (κ2) is 6.52. The molecule has 4 N–H and O–H groups in total. The van der Waals surface area contributed by atoms with Gasteiger partial charge in [0.15, 0.2) is 5.84 Å². The van der Waals surface area contributed by atoms with Gasteiger partial charge in [-0.2, -0.15) is 0 Å². The van der Waals surface area contributed by atoms with E-state index in [0.717, 1.165) is 11.5 Å². The molecular formula is C14H22N4O. The Labute approximate surface area is 113 Å². The maximum atomic E-state index is 8.77. The van der Waals surface area contributed by atoms with E-state index in [-0.39, 0.29) is 5.84 Å². The summed E-state index contributed by atoms with van der Waals surface area (Å²) in [5.74, 6) is 0.829. The van der Waals surface area contributed by atoms with E-state index in [2.05, 4.69) is 22.4 Å². The lowest BCUT2D eigenvalue weighted by molar-refractivity contribution is 0.318. The lowest BCUT2D eigenvalue weighted by Crippen LogP contribution is -2.32. The van der Waals surface area contributed by atoms with E-state index in [1.165, 1.54) is 25.7 Å². The molecule has 19 heavy (non-hydrogen) atoms. The first-order valence-corrected chi connectivity index (χ1v) is 6.87. The second-order valence-electron chi connectivity index (χ2n) is 5.21. The van der Waals surface area contributed by atoms with E-state index >= 15 is 0 Å². The zero-order chi connectivity index (χ0) is 13.7. The molecule has 0 spiro atoms. The summed E-state index contributed by atoms with van der Waals surface area (Å²) < 4.78 is 0. The zero-order valence-corrected chi connectivity index (χ0v) is 11.3. The first-order valence-electron chi connectivity index (χ1n) is 6.87. The van der Waals surface area contributed by atoms with Crippen molar-refractivity contribution in [2.24, 2.45) is 16.8 Å². The fourth-order valence-corrected chi connectivity index (χ4v) is 2.75. The van der Waals surface area contributed by atoms with Crippen LogP contribution in [0.4, 0.5) is 0 Å². The quantitative estimate of drug-likeness (QED) is 0.327. The molecule has 0 saturated heterocycles. The second-order valence-corrected chi connectivity index (χ2v) is 5.21. The molecule has 0 aliphatic heterocycles. The Kier molecular flexibility index (Phi) is 4.74. The Morgan fingerprint density at radius 1 is 1.58 bits per heavy atom. The smallest absolute Gasteiger partial charge is 0.189 e. The summed E-state index contributed by atoms with van der Waals surface area (Å²) in [5, 5.41) is 15.3. The molecule has 0 aromatic carbocycles. The SMILES string of the molecule is CC(NCc1cccnc1C(N)=NO)C1CCCC1. The highest BCUT2D eigenvalue weighted by molar-refractivity contribution is 5.96. The molecule has 1 atom stereocenters. The molecule has 0 amide bonds. The van der Waals surface area contributed by atoms with Gasteiger partial charge in [-0.05, 0) is 37.3 Å². The molecule has 0 bridgehead atoms. The monoisotopic (exact) mass is 262 g/mol. The van der Waals surface area contributed by atoms with Gasteiger partial charge < -0.3 is 16.3 Å². The minimum atomic E-state index is 0.0610. The zero-order valence-electron chi connectivity index (χ0n) is 11.3. The van der Waals surface area contributed by atoms with Crippen molar-refractivity contribution in [1.82, 2.24) is 10.3 Å². The van der Waals surface area contributed by atoms with Gasteiger partial charge in [0.2, 0.25) is 0 Å². The molecule has 1 aliphatic carbocycles. The number of hydrogen-bond donors (Lipinski definition) is 3. The number of pyridine rings is 1. The Morgan fingerprint density at radius 3 is 3.00 bits per heavy atom. The maximum absolute atomic E-state index is 8.77. The number of amidine groups is 1. The summed E-state index contributed by atoms with van der Waals surface area (Å²) in [6, 6.07) is 4.31. The third-order valence-electron chi connectivity index (χ3n) is 3.96. The van der Waals surface area contributed by atoms with Crippen molar-refractivity contribution in [3.05, 3.63) is 29.6 Å². The van der Waals surface area contributed by atoms with Crippen LogP contribution in [0.15, 0.2) is 23.5 Å². The summed E-state index contributed by atoms with van der Waals surface area (Å²) in [7, 11) is 0. The average Bonchev–Trinajstić information content (AvgIpc) is 2.98. The minimum absolute atomic E-state index is 0.0610. The third kappa shape index (κ3) is 3.44. The fraction of sp³-hybridized carbons (Fsp3) is 0.571. The van der Waals surface area contributed by atoms with Crippen molar-refractivity contribution in [2.75, 3.05) is 0 Å². The molecule has 5 heteroatoms. The van der Waals surface area contributed by atoms with Crippen LogP contribution in [0.1, 0.15) is 43.9 Å². The largest absolute Gasteiger partial charge is 0.409 e. The Bertz CT molecular complexity index is 441. The lowest BCUT2D eigenvalue weighted by atomic mass is 9.99. The van der Waals surface area contributed by atoms with Crippen molar-refractivity contribution in [2.45, 2.75) is 45.2 Å². The topological polar surface area (TPSA) is 83.5 Å². The van der Waals surface area contributed by atoms with Crippen LogP contribution in [0.25, 0.3) is 0 Å². The molecule has 2 rings (SSSR count). The van der Waals surface area contributed by atoms with Crippen LogP contribution in [-0.4, -0.2) is 22.1 Å². The highest BCUT2D eigenvalue weighted by Gasteiger charge is 2.21. The van der Waals surface area contributed by atoms with Crippen LogP contribution in [0.5, 0.6) is 0 Å². The van der Waals surface area contributed by atoms with Crippen molar-refractivity contribution < 1.29 is 5.21 Å². The molecule has 1 aromatic heterocycles. The lowest BCUT2D eigenvalue weighted by Gasteiger charge is -2.21. The first-order chi connectivity index (χ1) is 9.22. The standard InChI is InChI=1S/C14H22N4O/c1-10(11-5-2-3-6-11)17-9-12-7-4-8-16-13(12)14(15)18-19/h4,7-8,10-11,17,19H,2-3,5-6,9H2,1H3,(H2,15,18). The average molecular weight is 262 g/mol. The Morgan fingerprint density at radius 2 is 2.32 bits per heavy atom. The number of rotatable bonds is 5. The van der Waals surface area contributed by atoms with E-state index in [1.807, 2.05) is 12.1 Å². The van der Waals surface area contributed by atoms with Crippen LogP contribution < -0.4 is 11.1 Å². The van der Waals surface area contributed by atoms with Gasteiger partial charge in [0.1, 0.15) is 5.69 Å². The van der Waals surface area contributed by atoms with Crippen LogP contribution in [0.2, 0.25) is 0 Å². The molecule has 5 nitrogen and oxygen atoms in total. The van der Waals surface area contributed by atoms with Gasteiger partial charge >= 0.3 is 0 Å². The molecule has 1 heterocycles. The number of aromatic nitrogens is 1. The van der Waals surface area contributed by atoms with Crippen LogP contribution >= 0.6 is 0 Å². The van der Waals surface area contributed by atoms with Gasteiger partial charge in [-0.1, -0.05) is 24.1 Å². The van der Waals surface area contributed by atoms with Crippen molar-refractivity contribution in [1.29, 1.82) is 0 Å². The highest BCUT2D eigenvalue weighted by atomic mass is 16.4. The predicted molar refractivity (Wildman–Crippen MR) is 75.0 cm³/mol. The van der Waals surface area contributed by atoms with E-state index < -0.39 is 0 Å². The van der Waals surface area contributed by atoms with Crippen LogP contribution in [0.3, 0.4) is 0 Å². The molecule has 1 unspecified atom stereocenters. The van der Waals surface area contributed by atoms with E-state index in [4.69, 9.17) is 10.9 Å². The summed E-state index contributed by atoms with van der Waals surface area (Å²) in [5.41, 5.74) is 7.15. The minimum Gasteiger partial charge on any atom is -0.409 e. The van der Waals surface area contributed by atoms with E-state index in [0.29, 0.717) is 18.3 Å². The number of hydrogen-bond acceptors (Lipinski definition) is 4. The van der Waals surface area contributed by atoms with Crippen LogP contribution in [-0.2, 0) is 6.54 Å². The maximum Gasteiger partial charge on any atom is 0.189 e. The van der Waals surface area contributed by atoms with Gasteiger partial charge in [0.05, 0.1) is 0 Å². The van der Waals surface area contributed by atoms with Crippen molar-refractivity contribution >= 4 is 5.84 Å². The summed E-state index contributed by atoms with van der Waals surface area (Å²) in [6.45, 7) is 2.92. The number of oxime groups is 1. The predicted octanol–water partition coefficient (Wildman–Crippen LogP) is 1.84. The van der Waals surface area contributed by atoms with Gasteiger partial charge in [-0.25, -0.2) is 0 Å². The van der Waals surface area contributed by atoms with Crippen molar-refractivity contribution in [3.63, 3.8) is 0 Å². The molecule has 1 fully saturated rings. The van der Waals surface area contributed by atoms with Gasteiger partial charge in [-0.15, -0.1) is 0 Å². The van der Waals surface area contributed by atoms with Crippen molar-refractivity contribution in [3.8, 4) is 0 Å². The normalized spacial score (nSPS) is 18.7. The third-order valence-corrected chi connectivity index (χ3v) is 3.96. The molecule has 104 valence electrons. The molecule has 1 saturated carbocycles. The molecular weight excluding hydrogens is 240 g/mol. The van der Waals surface area contributed by atoms with Gasteiger partial charge in [0, 0.05) is 18.8 Å². The van der Waals surface area contributed by atoms with Gasteiger partial charge in [-0.3, -0.25) is 4.98 Å². The Balaban J connectivity index is 1.99. The summed E-state index contributed by atoms with van der Waals surface area (Å²) in [6.07, 6.45) is 6.97. The Hall–Kier alpha value is -1.62. The summed E-state index contributed by atoms with van der Waals surface area (Å²) >= 11 is 0. The number of nitrogens with one attached hydrogen (secondary N) is 1. The molecule has 1 aromatic rings. The molecule has 1 aliphatic rings. The summed E-state index contributed by atoms with van der Waals surface area (Å²) in [4.78, 5) is 4.17. The first kappa shape index (κ1) is 13.8. The highest BCUT2D eigenvalue weighted by Crippen LogP contribution is 2.27. The fourth-order valence-electron chi connectivity index (χ4n) is 2.75. The molecule has 0 radical (unpaired) electrons. The van der Waals surface area contributed by atoms with Crippen LogP contribution in [0, 0.1) is 5.92 Å². The van der Waals surface area contributed by atoms with E-state index in [9.17, 15) is 0 Å². The van der Waals surface area contributed by atoms with E-state index in [1.54, 1.807) is 6.20 Å². The number of nitrogens with zero attached hydrogens (tertiary/aromatic N) is 2. The van der Waals surface area contributed by atoms with Gasteiger partial charge in [0.25, 0.3) is 0 Å². The number of nitrogens with two attached hydrogens (primary N) is 1.